The molecule has 1 aliphatic heterocycles. The quantitative estimate of drug-likeness (QED) is 0.490. The number of likely N-dealkylation sites (tertiary alicyclic amines) is 1. The molecule has 160 valence electrons. The van der Waals surface area contributed by atoms with Gasteiger partial charge >= 0.3 is 0 Å². The lowest BCUT2D eigenvalue weighted by atomic mass is 9.75. The van der Waals surface area contributed by atoms with Gasteiger partial charge in [0.2, 0.25) is 0 Å². The first-order valence-electron chi connectivity index (χ1n) is 12.0. The highest BCUT2D eigenvalue weighted by molar-refractivity contribution is 5.62. The number of piperidine rings is 1. The van der Waals surface area contributed by atoms with E-state index in [0.717, 1.165) is 32.5 Å². The molecule has 3 aliphatic rings. The predicted molar refractivity (Wildman–Crippen MR) is 132 cm³/mol. The van der Waals surface area contributed by atoms with Gasteiger partial charge in [0.05, 0.1) is 5.69 Å². The molecule has 0 amide bonds. The van der Waals surface area contributed by atoms with Crippen LogP contribution in [-0.4, -0.2) is 29.5 Å². The van der Waals surface area contributed by atoms with E-state index in [1.165, 1.54) is 46.4 Å². The number of hydrogen-bond donors (Lipinski definition) is 0. The molecule has 6 rings (SSSR count). The van der Waals surface area contributed by atoms with Crippen LogP contribution in [0.2, 0.25) is 0 Å². The zero-order valence-electron chi connectivity index (χ0n) is 18.6. The Hall–Kier alpha value is -2.97. The van der Waals surface area contributed by atoms with Gasteiger partial charge in [0.1, 0.15) is 0 Å². The van der Waals surface area contributed by atoms with Crippen LogP contribution in [0.4, 0.5) is 0 Å². The second-order valence-electron chi connectivity index (χ2n) is 9.53. The third kappa shape index (κ3) is 3.43. The van der Waals surface area contributed by atoms with Gasteiger partial charge in [-0.05, 0) is 78.7 Å². The summed E-state index contributed by atoms with van der Waals surface area (Å²) >= 11 is 0. The first-order valence-corrected chi connectivity index (χ1v) is 12.0. The summed E-state index contributed by atoms with van der Waals surface area (Å²) in [6, 6.07) is 22.4. The Morgan fingerprint density at radius 3 is 2.28 bits per heavy atom. The van der Waals surface area contributed by atoms with Crippen LogP contribution in [0.5, 0.6) is 0 Å². The highest BCUT2D eigenvalue weighted by Gasteiger charge is 2.38. The Balaban J connectivity index is 1.18. The predicted octanol–water partition coefficient (Wildman–Crippen LogP) is 5.93. The largest absolute Gasteiger partial charge is 0.300 e. The number of nitrogens with zero attached hydrogens (tertiary/aromatic N) is 2. The Kier molecular flexibility index (Phi) is 5.04. The molecule has 0 saturated carbocycles. The Morgan fingerprint density at radius 2 is 1.56 bits per heavy atom. The fraction of sp³-hybridized carbons (Fsp3) is 0.300. The smallest absolute Gasteiger partial charge is 0.0667 e. The Bertz CT molecular complexity index is 1130. The second kappa shape index (κ2) is 8.18. The van der Waals surface area contributed by atoms with E-state index in [-0.39, 0.29) is 5.41 Å². The third-order valence-corrected chi connectivity index (χ3v) is 7.82. The number of fused-ring (bicyclic) bond motifs is 4. The number of pyridine rings is 1. The van der Waals surface area contributed by atoms with Crippen molar-refractivity contribution in [1.29, 1.82) is 0 Å². The van der Waals surface area contributed by atoms with E-state index in [0.29, 0.717) is 5.92 Å². The maximum atomic E-state index is 4.56. The number of hydrogen-bond acceptors (Lipinski definition) is 2. The summed E-state index contributed by atoms with van der Waals surface area (Å²) in [5.74, 6) is 0.358. The number of aryl methyl sites for hydroxylation is 2. The third-order valence-electron chi connectivity index (χ3n) is 7.82. The van der Waals surface area contributed by atoms with Gasteiger partial charge in [0.25, 0.3) is 0 Å². The highest BCUT2D eigenvalue weighted by atomic mass is 15.1. The van der Waals surface area contributed by atoms with Gasteiger partial charge in [0, 0.05) is 24.1 Å². The molecular formula is C30H30N2. The molecule has 1 fully saturated rings. The molecule has 0 radical (unpaired) electrons. The molecule has 1 saturated heterocycles. The van der Waals surface area contributed by atoms with Gasteiger partial charge in [-0.15, -0.1) is 0 Å². The van der Waals surface area contributed by atoms with Gasteiger partial charge in [-0.1, -0.05) is 72.8 Å². The highest BCUT2D eigenvalue weighted by Crippen LogP contribution is 2.43. The van der Waals surface area contributed by atoms with E-state index in [9.17, 15) is 0 Å². The van der Waals surface area contributed by atoms with Crippen molar-refractivity contribution in [2.75, 3.05) is 19.6 Å². The zero-order valence-corrected chi connectivity index (χ0v) is 18.6. The molecule has 1 aromatic heterocycles. The van der Waals surface area contributed by atoms with Crippen LogP contribution < -0.4 is 0 Å². The number of benzene rings is 2. The van der Waals surface area contributed by atoms with Crippen molar-refractivity contribution in [1.82, 2.24) is 9.88 Å². The van der Waals surface area contributed by atoms with Crippen LogP contribution in [0.25, 0.3) is 6.08 Å². The summed E-state index contributed by atoms with van der Waals surface area (Å²) in [5.41, 5.74) is 8.77. The van der Waals surface area contributed by atoms with Crippen molar-refractivity contribution >= 4 is 6.08 Å². The molecule has 0 atom stereocenters. The number of aromatic nitrogens is 1. The molecule has 1 spiro atoms. The minimum Gasteiger partial charge on any atom is -0.300 e. The number of allylic oxidation sites excluding steroid dienone is 2. The van der Waals surface area contributed by atoms with Crippen molar-refractivity contribution in [3.63, 3.8) is 0 Å². The van der Waals surface area contributed by atoms with E-state index >= 15 is 0 Å². The van der Waals surface area contributed by atoms with Crippen LogP contribution in [-0.2, 0) is 18.3 Å². The maximum absolute atomic E-state index is 4.56. The molecule has 2 heteroatoms. The average molecular weight is 419 g/mol. The van der Waals surface area contributed by atoms with Crippen molar-refractivity contribution in [2.45, 2.75) is 37.0 Å². The molecule has 0 unspecified atom stereocenters. The van der Waals surface area contributed by atoms with Crippen molar-refractivity contribution in [2.24, 2.45) is 0 Å². The average Bonchev–Trinajstić information content (AvgIpc) is 3.12. The Morgan fingerprint density at radius 1 is 0.875 bits per heavy atom. The lowest BCUT2D eigenvalue weighted by molar-refractivity contribution is 0.200. The minimum absolute atomic E-state index is 0.211. The Labute approximate surface area is 191 Å². The number of rotatable bonds is 3. The van der Waals surface area contributed by atoms with Gasteiger partial charge in [-0.3, -0.25) is 9.88 Å². The summed E-state index contributed by atoms with van der Waals surface area (Å²) in [5, 5.41) is 0. The summed E-state index contributed by atoms with van der Waals surface area (Å²) in [4.78, 5) is 7.17. The lowest BCUT2D eigenvalue weighted by Gasteiger charge is -2.38. The van der Waals surface area contributed by atoms with Crippen LogP contribution in [0.15, 0.2) is 85.1 Å². The topological polar surface area (TPSA) is 16.1 Å². The monoisotopic (exact) mass is 418 g/mol. The normalized spacial score (nSPS) is 19.6. The van der Waals surface area contributed by atoms with Gasteiger partial charge in [0.15, 0.2) is 0 Å². The van der Waals surface area contributed by atoms with E-state index < -0.39 is 0 Å². The molecule has 0 N–H and O–H groups in total. The van der Waals surface area contributed by atoms with E-state index in [4.69, 9.17) is 0 Å². The molecule has 2 aliphatic carbocycles. The molecule has 2 heterocycles. The molecular weight excluding hydrogens is 388 g/mol. The van der Waals surface area contributed by atoms with Crippen LogP contribution in [0.3, 0.4) is 0 Å². The summed E-state index contributed by atoms with van der Waals surface area (Å²) in [7, 11) is 0. The summed E-state index contributed by atoms with van der Waals surface area (Å²) < 4.78 is 0. The standard InChI is InChI=1S/C30H30N2/c1-3-9-25-23(7-1)13-14-24-8-2-4-10-26(24)27(25)11-6-20-32-21-17-30(18-22-32)16-15-29-28(30)12-5-19-31-29/h1-12,15-16,19,27H,13-14,17-18,20-22H2. The maximum Gasteiger partial charge on any atom is 0.0667 e. The minimum atomic E-state index is 0.211. The van der Waals surface area contributed by atoms with E-state index in [2.05, 4.69) is 94.9 Å². The van der Waals surface area contributed by atoms with Gasteiger partial charge in [-0.25, -0.2) is 0 Å². The van der Waals surface area contributed by atoms with Gasteiger partial charge in [-0.2, -0.15) is 0 Å². The van der Waals surface area contributed by atoms with E-state index in [1.807, 2.05) is 6.20 Å². The van der Waals surface area contributed by atoms with Crippen LogP contribution in [0, 0.1) is 0 Å². The van der Waals surface area contributed by atoms with Crippen molar-refractivity contribution < 1.29 is 0 Å². The second-order valence-corrected chi connectivity index (χ2v) is 9.53. The summed E-state index contributed by atoms with van der Waals surface area (Å²) in [6.45, 7) is 3.31. The first kappa shape index (κ1) is 19.7. The molecule has 2 nitrogen and oxygen atoms in total. The lowest BCUT2D eigenvalue weighted by Crippen LogP contribution is -2.41. The molecule has 3 aromatic rings. The van der Waals surface area contributed by atoms with Crippen LogP contribution >= 0.6 is 0 Å². The SMILES string of the molecule is C(=CC1c2ccccc2CCc2ccccc21)CN1CCC2(C=Cc3ncccc32)CC1. The van der Waals surface area contributed by atoms with Crippen molar-refractivity contribution in [3.05, 3.63) is 119 Å². The van der Waals surface area contributed by atoms with Gasteiger partial charge < -0.3 is 0 Å². The molecule has 0 bridgehead atoms. The fourth-order valence-corrected chi connectivity index (χ4v) is 5.99. The molecule has 32 heavy (non-hydrogen) atoms. The van der Waals surface area contributed by atoms with E-state index in [1.54, 1.807) is 0 Å². The zero-order chi connectivity index (χ0) is 21.4. The first-order chi connectivity index (χ1) is 15.8. The molecule has 2 aromatic carbocycles. The van der Waals surface area contributed by atoms with Crippen molar-refractivity contribution in [3.8, 4) is 0 Å². The summed E-state index contributed by atoms with van der Waals surface area (Å²) in [6.07, 6.45) is 16.1. The fourth-order valence-electron chi connectivity index (χ4n) is 5.99. The van der Waals surface area contributed by atoms with Crippen LogP contribution in [0.1, 0.15) is 52.3 Å².